The van der Waals surface area contributed by atoms with Crippen molar-refractivity contribution >= 4 is 17.9 Å². The van der Waals surface area contributed by atoms with Crippen LogP contribution >= 0.6 is 0 Å². The highest BCUT2D eigenvalue weighted by Gasteiger charge is 2.25. The monoisotopic (exact) mass is 971 g/mol. The molecule has 9 nitrogen and oxygen atoms in total. The molecule has 0 saturated heterocycles. The topological polar surface area (TPSA) is 108 Å². The fraction of sp³-hybridized carbons (Fsp3) is 0.783. The summed E-state index contributed by atoms with van der Waals surface area (Å²) in [4.78, 5) is 37.2. The van der Waals surface area contributed by atoms with Gasteiger partial charge in [0.1, 0.15) is 13.2 Å². The zero-order chi connectivity index (χ0) is 50.6. The molecule has 400 valence electrons. The van der Waals surface area contributed by atoms with Gasteiger partial charge in [0.2, 0.25) is 0 Å². The molecule has 0 radical (unpaired) electrons. The van der Waals surface area contributed by atoms with E-state index in [1.807, 2.05) is 21.1 Å². The number of unbranched alkanes of at least 4 members (excludes halogenated alkanes) is 27. The van der Waals surface area contributed by atoms with Crippen molar-refractivity contribution in [2.75, 3.05) is 47.5 Å². The first kappa shape index (κ1) is 66.0. The highest BCUT2D eigenvalue weighted by Crippen LogP contribution is 2.17. The van der Waals surface area contributed by atoms with E-state index in [0.29, 0.717) is 17.4 Å². The predicted octanol–water partition coefficient (Wildman–Crippen LogP) is 16.5. The van der Waals surface area contributed by atoms with Gasteiger partial charge in [0.15, 0.2) is 6.10 Å². The highest BCUT2D eigenvalue weighted by atomic mass is 16.7. The molecule has 0 bridgehead atoms. The van der Waals surface area contributed by atoms with Gasteiger partial charge in [0.25, 0.3) is 6.29 Å². The minimum Gasteiger partial charge on any atom is -0.477 e. The van der Waals surface area contributed by atoms with Gasteiger partial charge < -0.3 is 28.5 Å². The smallest absolute Gasteiger partial charge is 0.361 e. The van der Waals surface area contributed by atoms with Crippen LogP contribution in [0, 0.1) is 0 Å². The first-order valence-electron chi connectivity index (χ1n) is 28.5. The maximum absolute atomic E-state index is 12.8. The highest BCUT2D eigenvalue weighted by molar-refractivity contribution is 5.71. The summed E-state index contributed by atoms with van der Waals surface area (Å²) in [7, 11) is 5.96. The maximum atomic E-state index is 12.8. The molecule has 2 unspecified atom stereocenters. The first-order chi connectivity index (χ1) is 33.6. The summed E-state index contributed by atoms with van der Waals surface area (Å²) in [5.41, 5.74) is 0. The van der Waals surface area contributed by atoms with Crippen LogP contribution in [0.1, 0.15) is 245 Å². The van der Waals surface area contributed by atoms with Gasteiger partial charge in [-0.05, 0) is 57.8 Å². The minimum absolute atomic E-state index is 0.179. The molecule has 9 heteroatoms. The lowest BCUT2D eigenvalue weighted by molar-refractivity contribution is -0.870. The third-order valence-corrected chi connectivity index (χ3v) is 12.3. The minimum atomic E-state index is -1.51. The second-order valence-corrected chi connectivity index (χ2v) is 20.2. The van der Waals surface area contributed by atoms with Gasteiger partial charge in [-0.25, -0.2) is 4.79 Å². The van der Waals surface area contributed by atoms with Gasteiger partial charge in [-0.2, -0.15) is 0 Å². The molecular weight excluding hydrogens is 863 g/mol. The Balaban J connectivity index is 3.98. The number of likely N-dealkylation sites (N-methyl/N-ethyl adjacent to an activating group) is 1. The lowest BCUT2D eigenvalue weighted by Crippen LogP contribution is -2.40. The van der Waals surface area contributed by atoms with Crippen molar-refractivity contribution in [3.05, 3.63) is 60.8 Å². The lowest BCUT2D eigenvalue weighted by atomic mass is 10.0. The van der Waals surface area contributed by atoms with Crippen molar-refractivity contribution in [3.8, 4) is 0 Å². The van der Waals surface area contributed by atoms with Crippen LogP contribution in [0.5, 0.6) is 0 Å². The number of aliphatic carboxylic acids is 1. The summed E-state index contributed by atoms with van der Waals surface area (Å²) in [6, 6.07) is 0. The first-order valence-corrected chi connectivity index (χ1v) is 28.5. The maximum Gasteiger partial charge on any atom is 0.361 e. The molecule has 0 spiro atoms. The fourth-order valence-electron chi connectivity index (χ4n) is 7.92. The molecule has 0 rings (SSSR count). The number of quaternary nitrogens is 1. The fourth-order valence-corrected chi connectivity index (χ4v) is 7.92. The number of hydrogen-bond acceptors (Lipinski definition) is 7. The van der Waals surface area contributed by atoms with Gasteiger partial charge in [-0.1, -0.05) is 235 Å². The summed E-state index contributed by atoms with van der Waals surface area (Å²) in [6.45, 7) is 4.75. The number of carbonyl (C=O) groups is 3. The Morgan fingerprint density at radius 3 is 1.23 bits per heavy atom. The summed E-state index contributed by atoms with van der Waals surface area (Å²) in [5, 5.41) is 9.66. The van der Waals surface area contributed by atoms with Gasteiger partial charge in [0, 0.05) is 12.8 Å². The third-order valence-electron chi connectivity index (χ3n) is 12.3. The van der Waals surface area contributed by atoms with Gasteiger partial charge in [-0.15, -0.1) is 0 Å². The number of esters is 2. The number of carboxylic acids is 1. The summed E-state index contributed by atoms with van der Waals surface area (Å²) in [6.07, 6.45) is 61.9. The van der Waals surface area contributed by atoms with E-state index in [1.54, 1.807) is 0 Å². The number of carbonyl (C=O) groups excluding carboxylic acids is 2. The second kappa shape index (κ2) is 51.3. The van der Waals surface area contributed by atoms with E-state index in [1.165, 1.54) is 148 Å². The van der Waals surface area contributed by atoms with Crippen LogP contribution in [0.25, 0.3) is 0 Å². The van der Waals surface area contributed by atoms with Crippen molar-refractivity contribution in [2.24, 2.45) is 0 Å². The Morgan fingerprint density at radius 1 is 0.449 bits per heavy atom. The van der Waals surface area contributed by atoms with E-state index in [9.17, 15) is 19.5 Å². The van der Waals surface area contributed by atoms with Crippen molar-refractivity contribution in [1.82, 2.24) is 0 Å². The Bertz CT molecular complexity index is 1310. The number of carboxylic acid groups (broad SMARTS) is 1. The molecule has 0 aromatic rings. The van der Waals surface area contributed by atoms with Crippen molar-refractivity contribution < 1.29 is 42.9 Å². The van der Waals surface area contributed by atoms with E-state index < -0.39 is 24.3 Å². The molecule has 0 saturated carbocycles. The standard InChI is InChI=1S/C60H107NO8/c1-6-8-10-12-14-16-17-18-19-20-21-22-23-24-25-26-27-28-29-30-31-32-33-34-35-36-37-38-39-40-41-43-45-47-49-51-58(63)69-56(55-68-60(59(64)65)66-53-52-61(3,4)5)54-67-57(62)50-48-46-44-42-15-13-11-9-7-2/h8,10,14,16,18-19,21-22,24-25,56,60H,6-7,9,11-13,15,17,20,23,26-55H2,1-5H3/p+1/b10-8-,16-14-,19-18-,22-21-,25-24-. The average molecular weight is 972 g/mol. The largest absolute Gasteiger partial charge is 0.477 e. The molecule has 0 aromatic heterocycles. The second-order valence-electron chi connectivity index (χ2n) is 20.2. The molecule has 0 aromatic carbocycles. The van der Waals surface area contributed by atoms with Crippen LogP contribution in [-0.2, 0) is 33.3 Å². The van der Waals surface area contributed by atoms with Crippen LogP contribution in [-0.4, -0.2) is 87.4 Å². The molecule has 0 aliphatic rings. The zero-order valence-electron chi connectivity index (χ0n) is 45.5. The normalized spacial score (nSPS) is 13.2. The van der Waals surface area contributed by atoms with Crippen molar-refractivity contribution in [2.45, 2.75) is 257 Å². The van der Waals surface area contributed by atoms with Gasteiger partial charge in [0.05, 0.1) is 34.4 Å². The number of allylic oxidation sites excluding steroid dienone is 10. The molecular formula is C60H108NO8+. The SMILES string of the molecule is CC/C=C\C/C=C\C/C=C\C/C=C\C/C=C\CCCCCCCCCCCCCCCCCCCCCC(=O)OC(COC(=O)CCCCCCCCCCC)COC(OCC[N+](C)(C)C)C(=O)O. The Kier molecular flexibility index (Phi) is 49.1. The third kappa shape index (κ3) is 52.6. The number of nitrogens with zero attached hydrogens (tertiary/aromatic N) is 1. The molecule has 0 fully saturated rings. The van der Waals surface area contributed by atoms with Crippen LogP contribution in [0.4, 0.5) is 0 Å². The van der Waals surface area contributed by atoms with Crippen molar-refractivity contribution in [3.63, 3.8) is 0 Å². The van der Waals surface area contributed by atoms with E-state index in [4.69, 9.17) is 18.9 Å². The van der Waals surface area contributed by atoms with Crippen LogP contribution in [0.2, 0.25) is 0 Å². The molecule has 0 amide bonds. The van der Waals surface area contributed by atoms with Crippen LogP contribution in [0.3, 0.4) is 0 Å². The number of rotatable bonds is 52. The van der Waals surface area contributed by atoms with Crippen molar-refractivity contribution in [1.29, 1.82) is 0 Å². The van der Waals surface area contributed by atoms with Crippen LogP contribution < -0.4 is 0 Å². The molecule has 0 aliphatic heterocycles. The Hall–Kier alpha value is -3.01. The summed E-state index contributed by atoms with van der Waals surface area (Å²) >= 11 is 0. The van der Waals surface area contributed by atoms with E-state index >= 15 is 0 Å². The molecule has 0 heterocycles. The Labute approximate surface area is 425 Å². The quantitative estimate of drug-likeness (QED) is 0.0211. The molecule has 69 heavy (non-hydrogen) atoms. The molecule has 0 aliphatic carbocycles. The number of ether oxygens (including phenoxy) is 4. The van der Waals surface area contributed by atoms with Gasteiger partial charge >= 0.3 is 17.9 Å². The summed E-state index contributed by atoms with van der Waals surface area (Å²) in [5.74, 6) is -2.00. The average Bonchev–Trinajstić information content (AvgIpc) is 3.31. The van der Waals surface area contributed by atoms with E-state index in [2.05, 4.69) is 74.6 Å². The number of hydrogen-bond donors (Lipinski definition) is 1. The lowest BCUT2D eigenvalue weighted by Gasteiger charge is -2.25. The van der Waals surface area contributed by atoms with E-state index in [0.717, 1.165) is 70.6 Å². The zero-order valence-corrected chi connectivity index (χ0v) is 45.5. The Morgan fingerprint density at radius 2 is 0.826 bits per heavy atom. The summed E-state index contributed by atoms with van der Waals surface area (Å²) < 4.78 is 22.8. The van der Waals surface area contributed by atoms with E-state index in [-0.39, 0.29) is 32.2 Å². The van der Waals surface area contributed by atoms with Gasteiger partial charge in [-0.3, -0.25) is 9.59 Å². The molecule has 1 N–H and O–H groups in total. The molecule has 2 atom stereocenters. The predicted molar refractivity (Wildman–Crippen MR) is 290 cm³/mol. The van der Waals surface area contributed by atoms with Crippen LogP contribution in [0.15, 0.2) is 60.8 Å².